The SMILES string of the molecule is Cc1cc(-c2nc(-c3ccc(OC=O)cc3)c(-c3ccc(C(=O)O)cc3)[nH]2)cc(C)c1O. The number of aromatic carboxylic acids is 1. The van der Waals surface area contributed by atoms with Crippen LogP contribution in [0.3, 0.4) is 0 Å². The van der Waals surface area contributed by atoms with Gasteiger partial charge in [0, 0.05) is 16.7 Å². The summed E-state index contributed by atoms with van der Waals surface area (Å²) in [4.78, 5) is 30.0. The fraction of sp³-hybridized carbons (Fsp3) is 0.0800. The van der Waals surface area contributed by atoms with Gasteiger partial charge in [-0.1, -0.05) is 12.1 Å². The monoisotopic (exact) mass is 428 g/mol. The number of benzene rings is 3. The second kappa shape index (κ2) is 8.39. The Labute approximate surface area is 184 Å². The van der Waals surface area contributed by atoms with Crippen molar-refractivity contribution in [1.82, 2.24) is 9.97 Å². The van der Waals surface area contributed by atoms with E-state index in [1.54, 1.807) is 36.4 Å². The third-order valence-electron chi connectivity index (χ3n) is 5.20. The Morgan fingerprint density at radius 2 is 1.53 bits per heavy atom. The third-order valence-corrected chi connectivity index (χ3v) is 5.20. The smallest absolute Gasteiger partial charge is 0.335 e. The number of nitrogens with one attached hydrogen (secondary N) is 1. The van der Waals surface area contributed by atoms with Gasteiger partial charge in [-0.15, -0.1) is 0 Å². The average molecular weight is 428 g/mol. The van der Waals surface area contributed by atoms with Gasteiger partial charge in [0.1, 0.15) is 17.3 Å². The van der Waals surface area contributed by atoms with Crippen molar-refractivity contribution in [2.24, 2.45) is 0 Å². The number of aryl methyl sites for hydroxylation is 2. The van der Waals surface area contributed by atoms with Crippen LogP contribution in [0.15, 0.2) is 60.7 Å². The molecule has 3 aromatic carbocycles. The number of hydrogen-bond donors (Lipinski definition) is 3. The van der Waals surface area contributed by atoms with Gasteiger partial charge in [-0.05, 0) is 73.5 Å². The van der Waals surface area contributed by atoms with Gasteiger partial charge in [0.05, 0.1) is 17.0 Å². The Balaban J connectivity index is 1.86. The Kier molecular flexibility index (Phi) is 5.47. The van der Waals surface area contributed by atoms with Crippen LogP contribution in [0.1, 0.15) is 21.5 Å². The molecule has 0 unspecified atom stereocenters. The molecule has 0 saturated carbocycles. The van der Waals surface area contributed by atoms with Gasteiger partial charge in [-0.25, -0.2) is 9.78 Å². The van der Waals surface area contributed by atoms with E-state index in [2.05, 4.69) is 4.98 Å². The molecule has 4 rings (SSSR count). The highest BCUT2D eigenvalue weighted by Gasteiger charge is 2.17. The van der Waals surface area contributed by atoms with Gasteiger partial charge >= 0.3 is 5.97 Å². The summed E-state index contributed by atoms with van der Waals surface area (Å²) in [5.74, 6) is 0.270. The first-order chi connectivity index (χ1) is 15.4. The molecule has 7 nitrogen and oxygen atoms in total. The summed E-state index contributed by atoms with van der Waals surface area (Å²) in [6, 6.07) is 17.2. The van der Waals surface area contributed by atoms with Crippen LogP contribution in [-0.4, -0.2) is 32.6 Å². The second-order valence-corrected chi connectivity index (χ2v) is 7.39. The molecule has 0 aliphatic heterocycles. The number of H-pyrrole nitrogens is 1. The number of carbonyl (C=O) groups is 2. The molecular formula is C25H20N2O5. The van der Waals surface area contributed by atoms with Crippen LogP contribution < -0.4 is 4.74 Å². The molecule has 4 aromatic rings. The highest BCUT2D eigenvalue weighted by molar-refractivity contribution is 5.89. The predicted octanol–water partition coefficient (Wildman–Crippen LogP) is 4.97. The molecule has 0 saturated heterocycles. The number of phenolic OH excluding ortho intramolecular Hbond substituents is 1. The van der Waals surface area contributed by atoms with Crippen LogP contribution in [0, 0.1) is 13.8 Å². The van der Waals surface area contributed by atoms with E-state index in [4.69, 9.17) is 9.72 Å². The summed E-state index contributed by atoms with van der Waals surface area (Å²) in [6.45, 7) is 4.02. The minimum absolute atomic E-state index is 0.190. The normalized spacial score (nSPS) is 10.7. The number of phenols is 1. The lowest BCUT2D eigenvalue weighted by Crippen LogP contribution is -1.95. The van der Waals surface area contributed by atoms with E-state index in [1.807, 2.05) is 26.0 Å². The lowest BCUT2D eigenvalue weighted by atomic mass is 10.0. The number of aromatic hydroxyl groups is 1. The largest absolute Gasteiger partial charge is 0.507 e. The van der Waals surface area contributed by atoms with Crippen LogP contribution in [0.4, 0.5) is 0 Å². The molecule has 0 aliphatic carbocycles. The summed E-state index contributed by atoms with van der Waals surface area (Å²) in [6.07, 6.45) is 0. The Bertz CT molecular complexity index is 1280. The minimum atomic E-state index is -0.997. The number of carboxylic acid groups (broad SMARTS) is 1. The van der Waals surface area contributed by atoms with Crippen molar-refractivity contribution in [3.63, 3.8) is 0 Å². The first-order valence-corrected chi connectivity index (χ1v) is 9.82. The number of ether oxygens (including phenoxy) is 1. The zero-order valence-electron chi connectivity index (χ0n) is 17.4. The number of carbonyl (C=O) groups excluding carboxylic acids is 1. The van der Waals surface area contributed by atoms with E-state index in [0.29, 0.717) is 29.4 Å². The number of carboxylic acids is 1. The molecule has 32 heavy (non-hydrogen) atoms. The van der Waals surface area contributed by atoms with E-state index < -0.39 is 5.97 Å². The molecule has 0 aliphatic rings. The highest BCUT2D eigenvalue weighted by atomic mass is 16.5. The molecule has 1 heterocycles. The molecule has 0 fully saturated rings. The van der Waals surface area contributed by atoms with E-state index in [1.165, 1.54) is 12.1 Å². The zero-order chi connectivity index (χ0) is 22.8. The van der Waals surface area contributed by atoms with Crippen LogP contribution in [0.5, 0.6) is 11.5 Å². The van der Waals surface area contributed by atoms with Gasteiger partial charge in [-0.3, -0.25) is 4.79 Å². The van der Waals surface area contributed by atoms with Crippen molar-refractivity contribution in [1.29, 1.82) is 0 Å². The van der Waals surface area contributed by atoms with Crippen molar-refractivity contribution in [3.05, 3.63) is 77.4 Å². The first-order valence-electron chi connectivity index (χ1n) is 9.82. The molecular weight excluding hydrogens is 408 g/mol. The molecule has 1 aromatic heterocycles. The molecule has 160 valence electrons. The van der Waals surface area contributed by atoms with Gasteiger partial charge in [0.15, 0.2) is 0 Å². The van der Waals surface area contributed by atoms with E-state index in [0.717, 1.165) is 27.8 Å². The van der Waals surface area contributed by atoms with Crippen molar-refractivity contribution in [3.8, 4) is 45.4 Å². The topological polar surface area (TPSA) is 113 Å². The maximum absolute atomic E-state index is 11.2. The molecule has 0 amide bonds. The summed E-state index contributed by atoms with van der Waals surface area (Å²) >= 11 is 0. The van der Waals surface area contributed by atoms with Crippen LogP contribution >= 0.6 is 0 Å². The predicted molar refractivity (Wildman–Crippen MR) is 120 cm³/mol. The number of aromatic nitrogens is 2. The number of imidazole rings is 1. The van der Waals surface area contributed by atoms with E-state index in [9.17, 15) is 19.8 Å². The summed E-state index contributed by atoms with van der Waals surface area (Å²) in [5, 5.41) is 19.3. The summed E-state index contributed by atoms with van der Waals surface area (Å²) in [7, 11) is 0. The van der Waals surface area contributed by atoms with Crippen LogP contribution in [0.2, 0.25) is 0 Å². The molecule has 3 N–H and O–H groups in total. The summed E-state index contributed by atoms with van der Waals surface area (Å²) < 4.78 is 4.87. The van der Waals surface area contributed by atoms with Crippen molar-refractivity contribution in [2.45, 2.75) is 13.8 Å². The van der Waals surface area contributed by atoms with E-state index in [-0.39, 0.29) is 11.3 Å². The van der Waals surface area contributed by atoms with E-state index >= 15 is 0 Å². The zero-order valence-corrected chi connectivity index (χ0v) is 17.4. The molecule has 0 radical (unpaired) electrons. The lowest BCUT2D eigenvalue weighted by Gasteiger charge is -2.06. The summed E-state index contributed by atoms with van der Waals surface area (Å²) in [5.41, 5.74) is 5.40. The minimum Gasteiger partial charge on any atom is -0.507 e. The number of hydrogen-bond acceptors (Lipinski definition) is 5. The lowest BCUT2D eigenvalue weighted by molar-refractivity contribution is -0.120. The van der Waals surface area contributed by atoms with Crippen LogP contribution in [-0.2, 0) is 4.79 Å². The van der Waals surface area contributed by atoms with Crippen LogP contribution in [0.25, 0.3) is 33.9 Å². The second-order valence-electron chi connectivity index (χ2n) is 7.39. The van der Waals surface area contributed by atoms with Crippen molar-refractivity contribution in [2.75, 3.05) is 0 Å². The van der Waals surface area contributed by atoms with Gasteiger partial charge in [0.25, 0.3) is 6.47 Å². The number of aromatic amines is 1. The fourth-order valence-corrected chi connectivity index (χ4v) is 3.55. The van der Waals surface area contributed by atoms with Crippen molar-refractivity contribution >= 4 is 12.4 Å². The van der Waals surface area contributed by atoms with Gasteiger partial charge < -0.3 is 19.9 Å². The highest BCUT2D eigenvalue weighted by Crippen LogP contribution is 2.35. The third kappa shape index (κ3) is 3.96. The number of nitrogens with zero attached hydrogens (tertiary/aromatic N) is 1. The molecule has 0 atom stereocenters. The Morgan fingerprint density at radius 1 is 0.938 bits per heavy atom. The average Bonchev–Trinajstić information content (AvgIpc) is 3.23. The number of rotatable bonds is 6. The standard InChI is InChI=1S/C25H20N2O5/c1-14-11-19(12-15(2)23(14)29)24-26-21(16-3-5-18(6-4-16)25(30)31)22(27-24)17-7-9-20(10-8-17)32-13-28/h3-13,29H,1-2H3,(H,26,27)(H,30,31). The van der Waals surface area contributed by atoms with Gasteiger partial charge in [0.2, 0.25) is 0 Å². The molecule has 0 spiro atoms. The fourth-order valence-electron chi connectivity index (χ4n) is 3.55. The molecule has 0 bridgehead atoms. The van der Waals surface area contributed by atoms with Gasteiger partial charge in [-0.2, -0.15) is 0 Å². The maximum Gasteiger partial charge on any atom is 0.335 e. The molecule has 7 heteroatoms. The Morgan fingerprint density at radius 3 is 2.09 bits per heavy atom. The first kappa shape index (κ1) is 20.9. The quantitative estimate of drug-likeness (QED) is 0.374. The van der Waals surface area contributed by atoms with Crippen molar-refractivity contribution < 1.29 is 24.5 Å². The maximum atomic E-state index is 11.2. The Hall–Kier alpha value is -4.39.